The minimum absolute atomic E-state index is 0.219. The van der Waals surface area contributed by atoms with E-state index in [-0.39, 0.29) is 5.78 Å². The fourth-order valence-electron chi connectivity index (χ4n) is 5.51. The molecule has 0 bridgehead atoms. The minimum Gasteiger partial charge on any atom is -0.497 e. The molecule has 2 aliphatic rings. The number of hydrogen-bond acceptors (Lipinski definition) is 6. The van der Waals surface area contributed by atoms with E-state index in [9.17, 15) is 14.9 Å². The Morgan fingerprint density at radius 1 is 1.00 bits per heavy atom. The summed E-state index contributed by atoms with van der Waals surface area (Å²) in [6, 6.07) is 22.1. The molecule has 1 fully saturated rings. The van der Waals surface area contributed by atoms with Crippen LogP contribution in [-0.2, 0) is 9.53 Å². The molecule has 1 saturated heterocycles. The number of nitriles is 1. The van der Waals surface area contributed by atoms with Gasteiger partial charge in [-0.3, -0.25) is 9.59 Å². The van der Waals surface area contributed by atoms with Crippen molar-refractivity contribution in [3.63, 3.8) is 0 Å². The van der Waals surface area contributed by atoms with Crippen molar-refractivity contribution in [2.24, 2.45) is 5.41 Å². The number of methoxy groups -OCH3 is 2. The average molecular weight is 499 g/mol. The predicted octanol–water partition coefficient (Wildman–Crippen LogP) is 5.28. The van der Waals surface area contributed by atoms with Crippen molar-refractivity contribution in [2.75, 3.05) is 19.1 Å². The Kier molecular flexibility index (Phi) is 6.03. The van der Waals surface area contributed by atoms with Crippen molar-refractivity contribution >= 4 is 35.1 Å². The van der Waals surface area contributed by atoms with Gasteiger partial charge in [-0.1, -0.05) is 54.1 Å². The number of benzene rings is 3. The first-order valence-corrected chi connectivity index (χ1v) is 11.8. The van der Waals surface area contributed by atoms with Crippen LogP contribution in [0.3, 0.4) is 0 Å². The highest BCUT2D eigenvalue weighted by Gasteiger charge is 2.67. The number of para-hydroxylation sites is 1. The maximum Gasteiger partial charge on any atom is 0.329 e. The smallest absolute Gasteiger partial charge is 0.329 e. The van der Waals surface area contributed by atoms with Crippen molar-refractivity contribution < 1.29 is 19.1 Å². The summed E-state index contributed by atoms with van der Waals surface area (Å²) in [4.78, 5) is 29.7. The molecule has 2 heterocycles. The van der Waals surface area contributed by atoms with E-state index in [4.69, 9.17) is 21.1 Å². The molecule has 0 N–H and O–H groups in total. The number of nitrogens with zero attached hydrogens (tertiary/aromatic N) is 2. The number of rotatable bonds is 5. The van der Waals surface area contributed by atoms with Crippen molar-refractivity contribution in [3.8, 4) is 11.8 Å². The number of fused-ring (bicyclic) bond motifs is 3. The molecule has 0 aliphatic carbocycles. The van der Waals surface area contributed by atoms with Crippen LogP contribution in [0.15, 0.2) is 78.9 Å². The van der Waals surface area contributed by atoms with Gasteiger partial charge in [-0.15, -0.1) is 0 Å². The zero-order valence-corrected chi connectivity index (χ0v) is 20.5. The molecular formula is C29H23ClN2O4. The van der Waals surface area contributed by atoms with Crippen molar-refractivity contribution in [1.82, 2.24) is 0 Å². The van der Waals surface area contributed by atoms with Crippen molar-refractivity contribution in [3.05, 3.63) is 101 Å². The summed E-state index contributed by atoms with van der Waals surface area (Å²) < 4.78 is 10.6. The van der Waals surface area contributed by atoms with E-state index >= 15 is 0 Å². The zero-order chi connectivity index (χ0) is 25.4. The lowest BCUT2D eigenvalue weighted by molar-refractivity contribution is -0.150. The number of ether oxygens (including phenoxy) is 2. The van der Waals surface area contributed by atoms with Gasteiger partial charge >= 0.3 is 5.97 Å². The Bertz CT molecular complexity index is 1390. The first-order valence-electron chi connectivity index (χ1n) is 11.4. The topological polar surface area (TPSA) is 79.6 Å². The van der Waals surface area contributed by atoms with Crippen molar-refractivity contribution in [1.29, 1.82) is 5.26 Å². The van der Waals surface area contributed by atoms with Crippen LogP contribution in [0.25, 0.3) is 6.08 Å². The lowest BCUT2D eigenvalue weighted by Gasteiger charge is -2.36. The van der Waals surface area contributed by atoms with Gasteiger partial charge in [0.25, 0.3) is 0 Å². The second kappa shape index (κ2) is 9.18. The predicted molar refractivity (Wildman–Crippen MR) is 137 cm³/mol. The quantitative estimate of drug-likeness (QED) is 0.351. The highest BCUT2D eigenvalue weighted by atomic mass is 35.5. The lowest BCUT2D eigenvalue weighted by Crippen LogP contribution is -2.46. The Labute approximate surface area is 214 Å². The van der Waals surface area contributed by atoms with E-state index in [1.165, 1.54) is 7.11 Å². The summed E-state index contributed by atoms with van der Waals surface area (Å²) in [5.74, 6) is -1.11. The number of halogens is 1. The van der Waals surface area contributed by atoms with E-state index in [2.05, 4.69) is 6.07 Å². The molecule has 0 aromatic heterocycles. The Morgan fingerprint density at radius 3 is 2.33 bits per heavy atom. The van der Waals surface area contributed by atoms with Gasteiger partial charge in [0.1, 0.15) is 11.8 Å². The van der Waals surface area contributed by atoms with Crippen LogP contribution in [-0.4, -0.2) is 38.1 Å². The Balaban J connectivity index is 1.79. The SMILES string of the molecule is COC(=O)[C@]1(C#N)[C@@H](c2ccc(OC)cc2)[C@H](C(=O)c2ccc(Cl)cc2)N2c3ccccc3C=C[C@@H]21. The number of carbonyl (C=O) groups is 2. The van der Waals surface area contributed by atoms with E-state index in [1.807, 2.05) is 41.3 Å². The summed E-state index contributed by atoms with van der Waals surface area (Å²) in [7, 11) is 2.83. The summed E-state index contributed by atoms with van der Waals surface area (Å²) >= 11 is 6.09. The summed E-state index contributed by atoms with van der Waals surface area (Å²) in [5, 5.41) is 11.2. The molecular weight excluding hydrogens is 476 g/mol. The molecule has 3 aromatic rings. The van der Waals surface area contributed by atoms with Gasteiger partial charge in [0.2, 0.25) is 0 Å². The summed E-state index contributed by atoms with van der Waals surface area (Å²) in [6.45, 7) is 0. The molecule has 0 radical (unpaired) electrons. The average Bonchev–Trinajstić information content (AvgIpc) is 3.24. The van der Waals surface area contributed by atoms with Crippen LogP contribution in [0, 0.1) is 16.7 Å². The third-order valence-corrected chi connectivity index (χ3v) is 7.38. The molecule has 0 spiro atoms. The third kappa shape index (κ3) is 3.47. The van der Waals surface area contributed by atoms with Crippen LogP contribution in [0.2, 0.25) is 5.02 Å². The number of ketones is 1. The zero-order valence-electron chi connectivity index (χ0n) is 19.7. The lowest BCUT2D eigenvalue weighted by atomic mass is 9.68. The van der Waals surface area contributed by atoms with Crippen molar-refractivity contribution in [2.45, 2.75) is 18.0 Å². The van der Waals surface area contributed by atoms with Crippen LogP contribution in [0.4, 0.5) is 5.69 Å². The molecule has 0 unspecified atom stereocenters. The molecule has 7 heteroatoms. The van der Waals surface area contributed by atoms with Gasteiger partial charge in [0.05, 0.1) is 26.3 Å². The second-order valence-corrected chi connectivity index (χ2v) is 9.25. The first-order chi connectivity index (χ1) is 17.5. The minimum atomic E-state index is -1.68. The third-order valence-electron chi connectivity index (χ3n) is 7.13. The van der Waals surface area contributed by atoms with Gasteiger partial charge in [0, 0.05) is 22.2 Å². The molecule has 2 aliphatic heterocycles. The number of carbonyl (C=O) groups excluding carboxylic acids is 2. The van der Waals surface area contributed by atoms with E-state index in [0.29, 0.717) is 21.9 Å². The molecule has 6 nitrogen and oxygen atoms in total. The molecule has 0 saturated carbocycles. The Hall–Kier alpha value is -4.08. The van der Waals surface area contributed by atoms with Crippen LogP contribution >= 0.6 is 11.6 Å². The molecule has 0 amide bonds. The molecule has 36 heavy (non-hydrogen) atoms. The van der Waals surface area contributed by atoms with Gasteiger partial charge in [0.15, 0.2) is 11.2 Å². The Morgan fingerprint density at radius 2 is 1.69 bits per heavy atom. The van der Waals surface area contributed by atoms with Gasteiger partial charge < -0.3 is 14.4 Å². The van der Waals surface area contributed by atoms with Gasteiger partial charge in [-0.2, -0.15) is 5.26 Å². The fourth-order valence-corrected chi connectivity index (χ4v) is 5.63. The second-order valence-electron chi connectivity index (χ2n) is 8.81. The maximum absolute atomic E-state index is 14.2. The highest BCUT2D eigenvalue weighted by Crippen LogP contribution is 2.56. The fraction of sp³-hybridized carbons (Fsp3) is 0.207. The van der Waals surface area contributed by atoms with Crippen LogP contribution < -0.4 is 9.64 Å². The molecule has 3 aromatic carbocycles. The summed E-state index contributed by atoms with van der Waals surface area (Å²) in [6.07, 6.45) is 3.72. The summed E-state index contributed by atoms with van der Waals surface area (Å²) in [5.41, 5.74) is 1.09. The standard InChI is InChI=1S/C29H23ClN2O4/c1-35-22-14-9-19(10-15-22)25-26(27(33)20-7-12-21(30)13-8-20)32-23-6-4-3-5-18(23)11-16-24(32)29(25,17-31)28(34)36-2/h3-16,24-26H,1-2H3/t24-,25+,26-,29+/m1/s1. The van der Waals surface area contributed by atoms with E-state index < -0.39 is 29.4 Å². The molecule has 5 rings (SSSR count). The number of esters is 1. The highest BCUT2D eigenvalue weighted by molar-refractivity contribution is 6.30. The number of anilines is 1. The molecule has 180 valence electrons. The largest absolute Gasteiger partial charge is 0.497 e. The van der Waals surface area contributed by atoms with Crippen LogP contribution in [0.5, 0.6) is 5.75 Å². The maximum atomic E-state index is 14.2. The van der Waals surface area contributed by atoms with Crippen LogP contribution in [0.1, 0.15) is 27.4 Å². The van der Waals surface area contributed by atoms with Gasteiger partial charge in [-0.25, -0.2) is 0 Å². The van der Waals surface area contributed by atoms with Gasteiger partial charge in [-0.05, 0) is 53.6 Å². The van der Waals surface area contributed by atoms with E-state index in [0.717, 1.165) is 11.3 Å². The number of hydrogen-bond donors (Lipinski definition) is 0. The monoisotopic (exact) mass is 498 g/mol. The molecule has 4 atom stereocenters. The van der Waals surface area contributed by atoms with E-state index in [1.54, 1.807) is 55.6 Å². The first kappa shape index (κ1) is 23.7. The number of Topliss-reactive ketones (excluding diaryl/α,β-unsaturated/α-hetero) is 1. The normalized spacial score (nSPS) is 23.8.